The summed E-state index contributed by atoms with van der Waals surface area (Å²) < 4.78 is 15.6. The summed E-state index contributed by atoms with van der Waals surface area (Å²) in [6.07, 6.45) is 0. The lowest BCUT2D eigenvalue weighted by Gasteiger charge is -2.22. The molecule has 2 aromatic carbocycles. The van der Waals surface area contributed by atoms with Crippen LogP contribution in [0, 0.1) is 0 Å². The first-order valence-corrected chi connectivity index (χ1v) is 8.91. The zero-order valence-electron chi connectivity index (χ0n) is 16.2. The topological polar surface area (TPSA) is 65.1 Å². The van der Waals surface area contributed by atoms with Gasteiger partial charge in [0.1, 0.15) is 12.4 Å². The smallest absolute Gasteiger partial charge is 0.337 e. The lowest BCUT2D eigenvalue weighted by molar-refractivity contribution is -0.136. The number of carbonyl (C=O) groups is 2. The maximum Gasteiger partial charge on any atom is 0.337 e. The van der Waals surface area contributed by atoms with Crippen LogP contribution in [0.1, 0.15) is 22.0 Å². The molecule has 146 valence electrons. The number of benzene rings is 2. The Kier molecular flexibility index (Phi) is 6.11. The van der Waals surface area contributed by atoms with Crippen LogP contribution >= 0.6 is 0 Å². The molecule has 1 unspecified atom stereocenters. The number of carbonyl (C=O) groups excluding carboxylic acids is 2. The van der Waals surface area contributed by atoms with Gasteiger partial charge in [0.2, 0.25) is 0 Å². The van der Waals surface area contributed by atoms with Crippen molar-refractivity contribution < 1.29 is 23.8 Å². The average molecular weight is 381 g/mol. The standard InChI is InChI=1S/C22H23NO5/c1-23-13-17(14-28-18-11-9-16(10-12-18)21(24)26-2)19(22(25)27-3)20(23)15-7-5-4-6-8-15/h4-12,20H,13-14H2,1-3H3. The highest BCUT2D eigenvalue weighted by Crippen LogP contribution is 2.36. The molecule has 0 spiro atoms. The number of rotatable bonds is 6. The van der Waals surface area contributed by atoms with Crippen molar-refractivity contribution in [2.45, 2.75) is 6.04 Å². The van der Waals surface area contributed by atoms with Crippen LogP contribution < -0.4 is 4.74 Å². The number of methoxy groups -OCH3 is 2. The molecule has 0 radical (unpaired) electrons. The van der Waals surface area contributed by atoms with E-state index >= 15 is 0 Å². The molecule has 1 aliphatic rings. The van der Waals surface area contributed by atoms with E-state index in [1.165, 1.54) is 14.2 Å². The van der Waals surface area contributed by atoms with E-state index in [0.717, 1.165) is 11.1 Å². The van der Waals surface area contributed by atoms with E-state index in [1.54, 1.807) is 24.3 Å². The predicted molar refractivity (Wildman–Crippen MR) is 104 cm³/mol. The van der Waals surface area contributed by atoms with E-state index in [4.69, 9.17) is 14.2 Å². The minimum atomic E-state index is -0.398. The van der Waals surface area contributed by atoms with Gasteiger partial charge in [0.25, 0.3) is 0 Å². The highest BCUT2D eigenvalue weighted by Gasteiger charge is 2.36. The zero-order chi connectivity index (χ0) is 20.1. The van der Waals surface area contributed by atoms with Crippen LogP contribution in [0.2, 0.25) is 0 Å². The maximum absolute atomic E-state index is 12.5. The van der Waals surface area contributed by atoms with Gasteiger partial charge in [-0.3, -0.25) is 4.90 Å². The van der Waals surface area contributed by atoms with Crippen LogP contribution in [0.25, 0.3) is 0 Å². The molecule has 1 aliphatic heterocycles. The Balaban J connectivity index is 1.82. The van der Waals surface area contributed by atoms with E-state index < -0.39 is 5.97 Å². The molecule has 6 nitrogen and oxygen atoms in total. The molecule has 1 heterocycles. The summed E-state index contributed by atoms with van der Waals surface area (Å²) in [5, 5.41) is 0. The molecule has 0 saturated carbocycles. The quantitative estimate of drug-likeness (QED) is 0.717. The molecule has 28 heavy (non-hydrogen) atoms. The Morgan fingerprint density at radius 3 is 2.21 bits per heavy atom. The Morgan fingerprint density at radius 1 is 0.964 bits per heavy atom. The number of nitrogens with zero attached hydrogens (tertiary/aromatic N) is 1. The lowest BCUT2D eigenvalue weighted by atomic mass is 9.98. The second kappa shape index (κ2) is 8.71. The Labute approximate surface area is 164 Å². The Hall–Kier alpha value is -3.12. The molecule has 1 atom stereocenters. The van der Waals surface area contributed by atoms with E-state index in [2.05, 4.69) is 4.90 Å². The highest BCUT2D eigenvalue weighted by molar-refractivity contribution is 5.92. The molecule has 6 heteroatoms. The van der Waals surface area contributed by atoms with Gasteiger partial charge >= 0.3 is 11.9 Å². The first-order valence-electron chi connectivity index (χ1n) is 8.91. The molecule has 0 fully saturated rings. The minimum absolute atomic E-state index is 0.172. The fraction of sp³-hybridized carbons (Fsp3) is 0.273. The van der Waals surface area contributed by atoms with Crippen molar-refractivity contribution in [1.82, 2.24) is 4.90 Å². The first-order chi connectivity index (χ1) is 13.5. The van der Waals surface area contributed by atoms with Crippen molar-refractivity contribution in [3.63, 3.8) is 0 Å². The predicted octanol–water partition coefficient (Wildman–Crippen LogP) is 3.01. The van der Waals surface area contributed by atoms with Crippen molar-refractivity contribution >= 4 is 11.9 Å². The van der Waals surface area contributed by atoms with Gasteiger partial charge < -0.3 is 14.2 Å². The van der Waals surface area contributed by atoms with Gasteiger partial charge in [-0.05, 0) is 42.4 Å². The van der Waals surface area contributed by atoms with Crippen LogP contribution in [0.3, 0.4) is 0 Å². The van der Waals surface area contributed by atoms with Gasteiger partial charge in [0.15, 0.2) is 0 Å². The third-order valence-electron chi connectivity index (χ3n) is 4.74. The lowest BCUT2D eigenvalue weighted by Crippen LogP contribution is -2.23. The monoisotopic (exact) mass is 381 g/mol. The molecule has 0 aliphatic carbocycles. The fourth-order valence-corrected chi connectivity index (χ4v) is 3.41. The molecule has 0 bridgehead atoms. The van der Waals surface area contributed by atoms with Crippen LogP contribution in [0.4, 0.5) is 0 Å². The van der Waals surface area contributed by atoms with E-state index in [1.807, 2.05) is 37.4 Å². The zero-order valence-corrected chi connectivity index (χ0v) is 16.2. The summed E-state index contributed by atoms with van der Waals surface area (Å²) in [6.45, 7) is 0.861. The number of esters is 2. The summed E-state index contributed by atoms with van der Waals surface area (Å²) in [4.78, 5) is 26.1. The SMILES string of the molecule is COC(=O)C1=C(COc2ccc(C(=O)OC)cc2)CN(C)C1c1ccccc1. The molecule has 0 saturated heterocycles. The Bertz CT molecular complexity index is 874. The first kappa shape index (κ1) is 19.6. The van der Waals surface area contributed by atoms with Crippen molar-refractivity contribution in [3.05, 3.63) is 76.9 Å². The van der Waals surface area contributed by atoms with Crippen LogP contribution in [0.5, 0.6) is 5.75 Å². The Morgan fingerprint density at radius 2 is 1.61 bits per heavy atom. The van der Waals surface area contributed by atoms with Crippen molar-refractivity contribution in [3.8, 4) is 5.75 Å². The summed E-state index contributed by atoms with van der Waals surface area (Å²) in [5.41, 5.74) is 2.97. The molecule has 0 amide bonds. The number of hydrogen-bond donors (Lipinski definition) is 0. The number of hydrogen-bond acceptors (Lipinski definition) is 6. The maximum atomic E-state index is 12.5. The van der Waals surface area contributed by atoms with Crippen molar-refractivity contribution in [1.29, 1.82) is 0 Å². The van der Waals surface area contributed by atoms with Gasteiger partial charge in [0.05, 0.1) is 31.4 Å². The van der Waals surface area contributed by atoms with Crippen LogP contribution in [-0.2, 0) is 14.3 Å². The third kappa shape index (κ3) is 4.07. The largest absolute Gasteiger partial charge is 0.489 e. The second-order valence-corrected chi connectivity index (χ2v) is 6.54. The summed E-state index contributed by atoms with van der Waals surface area (Å²) in [7, 11) is 4.70. The molecule has 0 N–H and O–H groups in total. The minimum Gasteiger partial charge on any atom is -0.489 e. The van der Waals surface area contributed by atoms with E-state index in [0.29, 0.717) is 23.4 Å². The normalized spacial score (nSPS) is 16.8. The van der Waals surface area contributed by atoms with Crippen LogP contribution in [-0.4, -0.2) is 51.3 Å². The summed E-state index contributed by atoms with van der Waals surface area (Å²) >= 11 is 0. The third-order valence-corrected chi connectivity index (χ3v) is 4.74. The van der Waals surface area contributed by atoms with Crippen molar-refractivity contribution in [2.75, 3.05) is 34.4 Å². The van der Waals surface area contributed by atoms with E-state index in [-0.39, 0.29) is 18.6 Å². The van der Waals surface area contributed by atoms with Crippen molar-refractivity contribution in [2.24, 2.45) is 0 Å². The van der Waals surface area contributed by atoms with E-state index in [9.17, 15) is 9.59 Å². The van der Waals surface area contributed by atoms with Gasteiger partial charge in [-0.2, -0.15) is 0 Å². The average Bonchev–Trinajstić information content (AvgIpc) is 3.08. The summed E-state index contributed by atoms with van der Waals surface area (Å²) in [6, 6.07) is 16.4. The van der Waals surface area contributed by atoms with Gasteiger partial charge in [-0.25, -0.2) is 9.59 Å². The number of ether oxygens (including phenoxy) is 3. The van der Waals surface area contributed by atoms with Gasteiger partial charge in [-0.1, -0.05) is 30.3 Å². The molecule has 2 aromatic rings. The molecule has 0 aromatic heterocycles. The summed E-state index contributed by atoms with van der Waals surface area (Å²) in [5.74, 6) is -0.140. The van der Waals surface area contributed by atoms with Gasteiger partial charge in [0, 0.05) is 6.54 Å². The fourth-order valence-electron chi connectivity index (χ4n) is 3.41. The number of likely N-dealkylation sites (N-methyl/N-ethyl adjacent to an activating group) is 1. The van der Waals surface area contributed by atoms with Gasteiger partial charge in [-0.15, -0.1) is 0 Å². The molecular formula is C22H23NO5. The molecule has 3 rings (SSSR count). The van der Waals surface area contributed by atoms with Crippen LogP contribution in [0.15, 0.2) is 65.7 Å². The second-order valence-electron chi connectivity index (χ2n) is 6.54. The highest BCUT2D eigenvalue weighted by atomic mass is 16.5. The molecular weight excluding hydrogens is 358 g/mol.